The predicted molar refractivity (Wildman–Crippen MR) is 223 cm³/mol. The molecule has 2 aromatic heterocycles. The standard InChI is InChI=1S/C48H31NS2/c1-3-14-32(15-4-1)36-18-7-8-19-37(36)34-28-30-35(31-29-34)49(42-24-13-27-45-46(42)41-20-9-10-26-44(41)50-45)43-25-12-23-40-39-22-11-21-38(47(39)51-48(40)43)33-16-5-2-6-17-33/h1-31H. The van der Waals surface area contributed by atoms with Crippen LogP contribution in [0.5, 0.6) is 0 Å². The topological polar surface area (TPSA) is 3.24 Å². The van der Waals surface area contributed by atoms with Crippen LogP contribution < -0.4 is 4.90 Å². The molecule has 0 spiro atoms. The highest BCUT2D eigenvalue weighted by atomic mass is 32.1. The van der Waals surface area contributed by atoms with Crippen LogP contribution in [0.1, 0.15) is 0 Å². The molecular formula is C48H31NS2. The zero-order valence-corrected chi connectivity index (χ0v) is 29.3. The Labute approximate surface area is 304 Å². The van der Waals surface area contributed by atoms with Crippen LogP contribution in [0, 0.1) is 0 Å². The maximum atomic E-state index is 2.49. The van der Waals surface area contributed by atoms with Crippen molar-refractivity contribution in [2.45, 2.75) is 0 Å². The molecule has 0 radical (unpaired) electrons. The van der Waals surface area contributed by atoms with Gasteiger partial charge in [0, 0.05) is 41.3 Å². The van der Waals surface area contributed by atoms with Gasteiger partial charge in [-0.2, -0.15) is 0 Å². The molecule has 2 heterocycles. The van der Waals surface area contributed by atoms with Crippen LogP contribution in [-0.2, 0) is 0 Å². The second-order valence-corrected chi connectivity index (χ2v) is 15.0. The fourth-order valence-electron chi connectivity index (χ4n) is 7.57. The van der Waals surface area contributed by atoms with Crippen molar-refractivity contribution in [3.05, 3.63) is 188 Å². The van der Waals surface area contributed by atoms with Gasteiger partial charge in [-0.1, -0.05) is 152 Å². The van der Waals surface area contributed by atoms with Gasteiger partial charge < -0.3 is 4.90 Å². The summed E-state index contributed by atoms with van der Waals surface area (Å²) < 4.78 is 5.20. The van der Waals surface area contributed by atoms with Gasteiger partial charge in [-0.3, -0.25) is 0 Å². The van der Waals surface area contributed by atoms with Crippen LogP contribution in [0.3, 0.4) is 0 Å². The average Bonchev–Trinajstić information content (AvgIpc) is 3.79. The number of anilines is 3. The molecule has 10 aromatic rings. The normalized spacial score (nSPS) is 11.5. The molecule has 0 fully saturated rings. The first kappa shape index (κ1) is 29.9. The minimum Gasteiger partial charge on any atom is -0.308 e. The Kier molecular flexibility index (Phi) is 7.26. The maximum Gasteiger partial charge on any atom is 0.0640 e. The van der Waals surface area contributed by atoms with E-state index in [1.165, 1.54) is 85.1 Å². The number of hydrogen-bond acceptors (Lipinski definition) is 3. The largest absolute Gasteiger partial charge is 0.308 e. The van der Waals surface area contributed by atoms with Crippen molar-refractivity contribution in [3.8, 4) is 33.4 Å². The smallest absolute Gasteiger partial charge is 0.0640 e. The highest BCUT2D eigenvalue weighted by Gasteiger charge is 2.22. The van der Waals surface area contributed by atoms with E-state index >= 15 is 0 Å². The Bertz CT molecular complexity index is 2850. The van der Waals surface area contributed by atoms with Crippen molar-refractivity contribution in [1.82, 2.24) is 0 Å². The second kappa shape index (κ2) is 12.4. The number of benzene rings is 8. The van der Waals surface area contributed by atoms with E-state index in [1.54, 1.807) is 0 Å². The van der Waals surface area contributed by atoms with E-state index in [1.807, 2.05) is 22.7 Å². The van der Waals surface area contributed by atoms with E-state index in [0.717, 1.165) is 5.69 Å². The van der Waals surface area contributed by atoms with Gasteiger partial charge in [0.15, 0.2) is 0 Å². The summed E-state index contributed by atoms with van der Waals surface area (Å²) in [5, 5.41) is 5.16. The highest BCUT2D eigenvalue weighted by Crippen LogP contribution is 2.50. The second-order valence-electron chi connectivity index (χ2n) is 12.8. The molecule has 0 aliphatic carbocycles. The molecule has 10 rings (SSSR count). The number of hydrogen-bond donors (Lipinski definition) is 0. The van der Waals surface area contributed by atoms with E-state index < -0.39 is 0 Å². The lowest BCUT2D eigenvalue weighted by Gasteiger charge is -2.27. The molecule has 0 N–H and O–H groups in total. The summed E-state index contributed by atoms with van der Waals surface area (Å²) in [7, 11) is 0. The third-order valence-corrected chi connectivity index (χ3v) is 12.3. The Morgan fingerprint density at radius 3 is 1.57 bits per heavy atom. The average molecular weight is 686 g/mol. The SMILES string of the molecule is c1ccc(-c2ccccc2-c2ccc(N(c3cccc4c3sc3c(-c5ccccc5)cccc34)c3cccc4sc5ccccc5c34)cc2)cc1. The summed E-state index contributed by atoms with van der Waals surface area (Å²) in [5.74, 6) is 0. The van der Waals surface area contributed by atoms with Crippen LogP contribution in [-0.4, -0.2) is 0 Å². The van der Waals surface area contributed by atoms with E-state index in [9.17, 15) is 0 Å². The van der Waals surface area contributed by atoms with Gasteiger partial charge in [-0.05, 0) is 69.8 Å². The summed E-state index contributed by atoms with van der Waals surface area (Å²) in [6.07, 6.45) is 0. The van der Waals surface area contributed by atoms with Crippen molar-refractivity contribution in [2.75, 3.05) is 4.90 Å². The van der Waals surface area contributed by atoms with Crippen LogP contribution in [0.15, 0.2) is 188 Å². The molecule has 8 aromatic carbocycles. The molecule has 3 heteroatoms. The minimum atomic E-state index is 1.13. The van der Waals surface area contributed by atoms with Crippen molar-refractivity contribution >= 4 is 80.1 Å². The van der Waals surface area contributed by atoms with Crippen LogP contribution >= 0.6 is 22.7 Å². The summed E-state index contributed by atoms with van der Waals surface area (Å²) in [6, 6.07) is 68.5. The summed E-state index contributed by atoms with van der Waals surface area (Å²) in [4.78, 5) is 2.49. The van der Waals surface area contributed by atoms with Crippen LogP contribution in [0.25, 0.3) is 73.7 Å². The van der Waals surface area contributed by atoms with Crippen molar-refractivity contribution in [3.63, 3.8) is 0 Å². The molecule has 0 saturated carbocycles. The van der Waals surface area contributed by atoms with Crippen molar-refractivity contribution in [2.24, 2.45) is 0 Å². The predicted octanol–water partition coefficient (Wildman–Crippen LogP) is 14.9. The van der Waals surface area contributed by atoms with Crippen LogP contribution in [0.4, 0.5) is 17.1 Å². The zero-order chi connectivity index (χ0) is 33.7. The lowest BCUT2D eigenvalue weighted by Crippen LogP contribution is -2.10. The van der Waals surface area contributed by atoms with Gasteiger partial charge in [0.2, 0.25) is 0 Å². The first-order valence-electron chi connectivity index (χ1n) is 17.3. The fraction of sp³-hybridized carbons (Fsp3) is 0. The molecule has 0 saturated heterocycles. The Morgan fingerprint density at radius 2 is 0.824 bits per heavy atom. The van der Waals surface area contributed by atoms with Gasteiger partial charge in [-0.15, -0.1) is 22.7 Å². The summed E-state index contributed by atoms with van der Waals surface area (Å²) in [5.41, 5.74) is 10.9. The third kappa shape index (κ3) is 5.05. The van der Waals surface area contributed by atoms with Gasteiger partial charge in [-0.25, -0.2) is 0 Å². The molecule has 0 atom stereocenters. The number of nitrogens with zero attached hydrogens (tertiary/aromatic N) is 1. The van der Waals surface area contributed by atoms with Gasteiger partial charge in [0.25, 0.3) is 0 Å². The number of fused-ring (bicyclic) bond motifs is 6. The lowest BCUT2D eigenvalue weighted by molar-refractivity contribution is 1.32. The fourth-order valence-corrected chi connectivity index (χ4v) is 10.0. The van der Waals surface area contributed by atoms with E-state index in [-0.39, 0.29) is 0 Å². The summed E-state index contributed by atoms with van der Waals surface area (Å²) in [6.45, 7) is 0. The first-order chi connectivity index (χ1) is 25.3. The van der Waals surface area contributed by atoms with E-state index in [4.69, 9.17) is 0 Å². The molecule has 0 aliphatic rings. The molecule has 0 bridgehead atoms. The third-order valence-electron chi connectivity index (χ3n) is 9.90. The Balaban J connectivity index is 1.21. The summed E-state index contributed by atoms with van der Waals surface area (Å²) >= 11 is 3.76. The zero-order valence-electron chi connectivity index (χ0n) is 27.7. The molecule has 0 amide bonds. The first-order valence-corrected chi connectivity index (χ1v) is 18.9. The minimum absolute atomic E-state index is 1.13. The quantitative estimate of drug-likeness (QED) is 0.168. The number of rotatable bonds is 6. The molecule has 1 nitrogen and oxygen atoms in total. The number of thiophene rings is 2. The van der Waals surface area contributed by atoms with Gasteiger partial charge in [0.05, 0.1) is 16.1 Å². The van der Waals surface area contributed by atoms with E-state index in [0.29, 0.717) is 0 Å². The van der Waals surface area contributed by atoms with Gasteiger partial charge >= 0.3 is 0 Å². The lowest BCUT2D eigenvalue weighted by atomic mass is 9.94. The van der Waals surface area contributed by atoms with Crippen LogP contribution in [0.2, 0.25) is 0 Å². The maximum absolute atomic E-state index is 2.49. The Hall–Kier alpha value is -6.00. The Morgan fingerprint density at radius 1 is 0.314 bits per heavy atom. The van der Waals surface area contributed by atoms with Gasteiger partial charge in [0.1, 0.15) is 0 Å². The molecule has 51 heavy (non-hydrogen) atoms. The van der Waals surface area contributed by atoms with Crippen molar-refractivity contribution in [1.29, 1.82) is 0 Å². The van der Waals surface area contributed by atoms with E-state index in [2.05, 4.69) is 193 Å². The molecule has 0 aliphatic heterocycles. The monoisotopic (exact) mass is 685 g/mol. The molecular weight excluding hydrogens is 655 g/mol. The molecule has 240 valence electrons. The molecule has 0 unspecified atom stereocenters. The highest BCUT2D eigenvalue weighted by molar-refractivity contribution is 7.27. The van der Waals surface area contributed by atoms with Crippen molar-refractivity contribution < 1.29 is 0 Å².